The Morgan fingerprint density at radius 1 is 1.19 bits per heavy atom. The molecule has 0 atom stereocenters. The van der Waals surface area contributed by atoms with E-state index in [0.29, 0.717) is 11.4 Å². The van der Waals surface area contributed by atoms with Crippen LogP contribution in [0.15, 0.2) is 41.8 Å². The molecule has 0 aliphatic rings. The van der Waals surface area contributed by atoms with Crippen LogP contribution < -0.4 is 0 Å². The van der Waals surface area contributed by atoms with Gasteiger partial charge in [0.2, 0.25) is 0 Å². The Morgan fingerprint density at radius 3 is 2.52 bits per heavy atom. The van der Waals surface area contributed by atoms with E-state index in [0.717, 1.165) is 17.5 Å². The van der Waals surface area contributed by atoms with Crippen LogP contribution in [-0.2, 0) is 17.8 Å². The first-order valence-electron chi connectivity index (χ1n) is 6.73. The maximum Gasteiger partial charge on any atom is 0.323 e. The highest BCUT2D eigenvalue weighted by molar-refractivity contribution is 7.12. The number of hydrogen-bond acceptors (Lipinski definition) is 3. The van der Waals surface area contributed by atoms with Gasteiger partial charge in [-0.3, -0.25) is 9.59 Å². The van der Waals surface area contributed by atoms with Crippen LogP contribution >= 0.6 is 11.3 Å². The Morgan fingerprint density at radius 2 is 1.90 bits per heavy atom. The number of aryl methyl sites for hydroxylation is 1. The number of carboxylic acids is 1. The average molecular weight is 303 g/mol. The molecular weight excluding hydrogens is 286 g/mol. The molecule has 0 radical (unpaired) electrons. The zero-order chi connectivity index (χ0) is 15.2. The van der Waals surface area contributed by atoms with Crippen molar-refractivity contribution in [1.82, 2.24) is 4.90 Å². The van der Waals surface area contributed by atoms with E-state index in [4.69, 9.17) is 5.11 Å². The molecule has 0 spiro atoms. The summed E-state index contributed by atoms with van der Waals surface area (Å²) in [5.74, 6) is -1.22. The second-order valence-electron chi connectivity index (χ2n) is 4.67. The van der Waals surface area contributed by atoms with E-state index in [1.54, 1.807) is 0 Å². The van der Waals surface area contributed by atoms with Crippen molar-refractivity contribution in [2.24, 2.45) is 0 Å². The molecule has 1 aromatic carbocycles. The van der Waals surface area contributed by atoms with Gasteiger partial charge in [-0.05, 0) is 29.0 Å². The van der Waals surface area contributed by atoms with Gasteiger partial charge < -0.3 is 10.0 Å². The van der Waals surface area contributed by atoms with Gasteiger partial charge in [0, 0.05) is 6.54 Å². The second-order valence-corrected chi connectivity index (χ2v) is 5.59. The van der Waals surface area contributed by atoms with Crippen molar-refractivity contribution in [3.8, 4) is 0 Å². The molecule has 1 amide bonds. The molecule has 0 saturated carbocycles. The lowest BCUT2D eigenvalue weighted by molar-refractivity contribution is -0.137. The topological polar surface area (TPSA) is 57.6 Å². The van der Waals surface area contributed by atoms with Crippen LogP contribution in [0.3, 0.4) is 0 Å². The third-order valence-corrected chi connectivity index (χ3v) is 4.10. The number of rotatable bonds is 6. The highest BCUT2D eigenvalue weighted by Crippen LogP contribution is 2.20. The van der Waals surface area contributed by atoms with Crippen molar-refractivity contribution in [3.05, 3.63) is 57.8 Å². The third kappa shape index (κ3) is 3.92. The lowest BCUT2D eigenvalue weighted by atomic mass is 10.1. The monoisotopic (exact) mass is 303 g/mol. The number of nitrogens with zero attached hydrogens (tertiary/aromatic N) is 1. The molecule has 1 N–H and O–H groups in total. The van der Waals surface area contributed by atoms with Crippen molar-refractivity contribution < 1.29 is 14.7 Å². The maximum absolute atomic E-state index is 12.6. The van der Waals surface area contributed by atoms with Gasteiger partial charge in [0.15, 0.2) is 0 Å². The number of carbonyl (C=O) groups is 2. The minimum Gasteiger partial charge on any atom is -0.480 e. The number of hydrogen-bond donors (Lipinski definition) is 1. The fourth-order valence-electron chi connectivity index (χ4n) is 2.11. The van der Waals surface area contributed by atoms with Crippen LogP contribution in [0, 0.1) is 0 Å². The first-order chi connectivity index (χ1) is 10.1. The largest absolute Gasteiger partial charge is 0.480 e. The molecule has 110 valence electrons. The predicted octanol–water partition coefficient (Wildman–Crippen LogP) is 3.04. The van der Waals surface area contributed by atoms with Crippen molar-refractivity contribution in [2.45, 2.75) is 19.9 Å². The van der Waals surface area contributed by atoms with Crippen molar-refractivity contribution in [2.75, 3.05) is 6.54 Å². The number of carbonyl (C=O) groups excluding carboxylic acids is 1. The summed E-state index contributed by atoms with van der Waals surface area (Å²) in [6.45, 7) is 1.99. The Labute approximate surface area is 127 Å². The highest BCUT2D eigenvalue weighted by atomic mass is 32.1. The van der Waals surface area contributed by atoms with Gasteiger partial charge in [-0.25, -0.2) is 0 Å². The Hall–Kier alpha value is -2.14. The van der Waals surface area contributed by atoms with Crippen LogP contribution in [0.25, 0.3) is 0 Å². The molecular formula is C16H17NO3S. The second kappa shape index (κ2) is 7.04. The molecule has 0 aliphatic carbocycles. The number of amides is 1. The lowest BCUT2D eigenvalue weighted by Gasteiger charge is -2.20. The van der Waals surface area contributed by atoms with E-state index in [9.17, 15) is 9.59 Å². The van der Waals surface area contributed by atoms with E-state index >= 15 is 0 Å². The van der Waals surface area contributed by atoms with Crippen molar-refractivity contribution in [1.29, 1.82) is 0 Å². The molecule has 0 saturated heterocycles. The van der Waals surface area contributed by atoms with Crippen LogP contribution in [0.1, 0.15) is 27.7 Å². The van der Waals surface area contributed by atoms with Crippen LogP contribution in [0.5, 0.6) is 0 Å². The highest BCUT2D eigenvalue weighted by Gasteiger charge is 2.22. The fourth-order valence-corrected chi connectivity index (χ4v) is 3.07. The molecule has 2 aromatic rings. The SMILES string of the molecule is CCc1ccsc1C(=O)N(CC(=O)O)Cc1ccccc1. The van der Waals surface area contributed by atoms with E-state index in [1.807, 2.05) is 48.7 Å². The van der Waals surface area contributed by atoms with Gasteiger partial charge in [0.25, 0.3) is 5.91 Å². The van der Waals surface area contributed by atoms with E-state index in [-0.39, 0.29) is 12.5 Å². The molecule has 5 heteroatoms. The van der Waals surface area contributed by atoms with Crippen molar-refractivity contribution >= 4 is 23.2 Å². The minimum absolute atomic E-state index is 0.215. The van der Waals surface area contributed by atoms with Gasteiger partial charge in [0.05, 0.1) is 4.88 Å². The summed E-state index contributed by atoms with van der Waals surface area (Å²) >= 11 is 1.36. The summed E-state index contributed by atoms with van der Waals surface area (Å²) in [4.78, 5) is 25.6. The summed E-state index contributed by atoms with van der Waals surface area (Å²) in [6, 6.07) is 11.3. The van der Waals surface area contributed by atoms with E-state index in [1.165, 1.54) is 16.2 Å². The molecule has 0 unspecified atom stereocenters. The zero-order valence-corrected chi connectivity index (χ0v) is 12.6. The fraction of sp³-hybridized carbons (Fsp3) is 0.250. The molecule has 1 heterocycles. The Balaban J connectivity index is 2.23. The van der Waals surface area contributed by atoms with Gasteiger partial charge in [0.1, 0.15) is 6.54 Å². The first kappa shape index (κ1) is 15.3. The van der Waals surface area contributed by atoms with Gasteiger partial charge in [-0.1, -0.05) is 37.3 Å². The van der Waals surface area contributed by atoms with Crippen molar-refractivity contribution in [3.63, 3.8) is 0 Å². The Bertz CT molecular complexity index is 621. The normalized spacial score (nSPS) is 10.3. The van der Waals surface area contributed by atoms with Gasteiger partial charge in [-0.15, -0.1) is 11.3 Å². The van der Waals surface area contributed by atoms with Crippen LogP contribution in [0.2, 0.25) is 0 Å². The van der Waals surface area contributed by atoms with Crippen LogP contribution in [0.4, 0.5) is 0 Å². The van der Waals surface area contributed by atoms with Gasteiger partial charge in [-0.2, -0.15) is 0 Å². The number of aliphatic carboxylic acids is 1. The lowest BCUT2D eigenvalue weighted by Crippen LogP contribution is -2.35. The quantitative estimate of drug-likeness (QED) is 0.892. The average Bonchev–Trinajstić information content (AvgIpc) is 2.95. The number of thiophene rings is 1. The summed E-state index contributed by atoms with van der Waals surface area (Å²) in [6.07, 6.45) is 0.761. The molecule has 2 rings (SSSR count). The summed E-state index contributed by atoms with van der Waals surface area (Å²) in [5.41, 5.74) is 1.88. The van der Waals surface area contributed by atoms with E-state index in [2.05, 4.69) is 0 Å². The Kier molecular flexibility index (Phi) is 5.11. The molecule has 0 fully saturated rings. The molecule has 1 aromatic heterocycles. The minimum atomic E-state index is -1.01. The molecule has 0 aliphatic heterocycles. The summed E-state index contributed by atoms with van der Waals surface area (Å²) in [7, 11) is 0. The molecule has 21 heavy (non-hydrogen) atoms. The zero-order valence-electron chi connectivity index (χ0n) is 11.8. The standard InChI is InChI=1S/C16H17NO3S/c1-2-13-8-9-21-15(13)16(20)17(11-14(18)19)10-12-6-4-3-5-7-12/h3-9H,2,10-11H2,1H3,(H,18,19). The van der Waals surface area contributed by atoms with Crippen LogP contribution in [-0.4, -0.2) is 28.4 Å². The summed E-state index contributed by atoms with van der Waals surface area (Å²) in [5, 5.41) is 10.9. The smallest absolute Gasteiger partial charge is 0.323 e. The first-order valence-corrected chi connectivity index (χ1v) is 7.61. The third-order valence-electron chi connectivity index (χ3n) is 3.15. The predicted molar refractivity (Wildman–Crippen MR) is 82.5 cm³/mol. The number of carboxylic acid groups (broad SMARTS) is 1. The summed E-state index contributed by atoms with van der Waals surface area (Å²) < 4.78 is 0. The van der Waals surface area contributed by atoms with Gasteiger partial charge >= 0.3 is 5.97 Å². The maximum atomic E-state index is 12.6. The molecule has 0 bridgehead atoms. The van der Waals surface area contributed by atoms with E-state index < -0.39 is 5.97 Å². The number of benzene rings is 1. The molecule has 4 nitrogen and oxygen atoms in total.